The van der Waals surface area contributed by atoms with Crippen molar-refractivity contribution < 1.29 is 0 Å². The van der Waals surface area contributed by atoms with Crippen molar-refractivity contribution >= 4 is 34.8 Å². The van der Waals surface area contributed by atoms with Crippen molar-refractivity contribution in [3.05, 3.63) is 13.3 Å². The average Bonchev–Trinajstić information content (AvgIpc) is 1.30. The highest BCUT2D eigenvalue weighted by atomic mass is 35.6. The van der Waals surface area contributed by atoms with Gasteiger partial charge in [0.2, 0.25) is 0 Å². The van der Waals surface area contributed by atoms with Crippen LogP contribution in [0.3, 0.4) is 0 Å². The number of alkyl halides is 3. The molecule has 0 saturated heterocycles. The van der Waals surface area contributed by atoms with Gasteiger partial charge < -0.3 is 0 Å². The largest absolute Gasteiger partial charge is 0.193 e. The van der Waals surface area contributed by atoms with Gasteiger partial charge in [-0.15, -0.1) is 0 Å². The van der Waals surface area contributed by atoms with Crippen LogP contribution in [-0.4, -0.2) is 3.79 Å². The van der Waals surface area contributed by atoms with Gasteiger partial charge in [-0.05, 0) is 6.42 Å². The normalized spacial score (nSPS) is 12.0. The van der Waals surface area contributed by atoms with Gasteiger partial charge in [0.1, 0.15) is 0 Å². The van der Waals surface area contributed by atoms with Crippen LogP contribution in [0.1, 0.15) is 6.42 Å². The third-order valence-electron chi connectivity index (χ3n) is 0.376. The molecule has 0 aromatic rings. The topological polar surface area (TPSA) is 0 Å². The summed E-state index contributed by atoms with van der Waals surface area (Å²) in [5.41, 5.74) is 0. The molecule has 0 aliphatic rings. The third-order valence-corrected chi connectivity index (χ3v) is 0.839. The molecule has 0 atom stereocenters. The molecule has 0 unspecified atom stereocenters. The van der Waals surface area contributed by atoms with Crippen LogP contribution < -0.4 is 0 Å². The van der Waals surface area contributed by atoms with Crippen LogP contribution in [0.15, 0.2) is 0 Å². The zero-order valence-corrected chi connectivity index (χ0v) is 5.89. The molecular formula is C4H5Cl3. The molecule has 0 spiro atoms. The van der Waals surface area contributed by atoms with Gasteiger partial charge >= 0.3 is 0 Å². The SMILES string of the molecule is [CH2]C[CH]C(Cl)(Cl)Cl. The molecule has 0 aliphatic heterocycles. The highest BCUT2D eigenvalue weighted by Crippen LogP contribution is 2.29. The lowest BCUT2D eigenvalue weighted by Crippen LogP contribution is -2.00. The Bertz CT molecular complexity index is 45.4. The van der Waals surface area contributed by atoms with Crippen LogP contribution in [0.5, 0.6) is 0 Å². The monoisotopic (exact) mass is 158 g/mol. The summed E-state index contributed by atoms with van der Waals surface area (Å²) in [6.07, 6.45) is 2.04. The maximum Gasteiger partial charge on any atom is 0.193 e. The molecule has 0 amide bonds. The van der Waals surface area contributed by atoms with E-state index in [1.807, 2.05) is 0 Å². The van der Waals surface area contributed by atoms with Crippen molar-refractivity contribution in [1.29, 1.82) is 0 Å². The molecule has 7 heavy (non-hydrogen) atoms. The highest BCUT2D eigenvalue weighted by Gasteiger charge is 2.16. The van der Waals surface area contributed by atoms with Gasteiger partial charge in [0.15, 0.2) is 3.79 Å². The summed E-state index contributed by atoms with van der Waals surface area (Å²) in [6, 6.07) is 0. The van der Waals surface area contributed by atoms with E-state index in [0.717, 1.165) is 0 Å². The van der Waals surface area contributed by atoms with E-state index in [2.05, 4.69) is 6.92 Å². The van der Waals surface area contributed by atoms with E-state index in [9.17, 15) is 0 Å². The molecule has 42 valence electrons. The van der Waals surface area contributed by atoms with Crippen LogP contribution in [0.25, 0.3) is 0 Å². The fourth-order valence-corrected chi connectivity index (χ4v) is 0.491. The fraction of sp³-hybridized carbons (Fsp3) is 0.500. The summed E-state index contributed by atoms with van der Waals surface area (Å²) < 4.78 is -1.22. The Kier molecular flexibility index (Phi) is 3.38. The predicted molar refractivity (Wildman–Crippen MR) is 34.6 cm³/mol. The summed E-state index contributed by atoms with van der Waals surface area (Å²) in [7, 11) is 0. The molecular weight excluding hydrogens is 154 g/mol. The van der Waals surface area contributed by atoms with Crippen molar-refractivity contribution in [1.82, 2.24) is 0 Å². The lowest BCUT2D eigenvalue weighted by molar-refractivity contribution is 1.12. The van der Waals surface area contributed by atoms with Gasteiger partial charge in [-0.2, -0.15) is 0 Å². The van der Waals surface area contributed by atoms with Gasteiger partial charge in [-0.25, -0.2) is 0 Å². The summed E-state index contributed by atoms with van der Waals surface area (Å²) in [5.74, 6) is 0. The molecule has 0 aliphatic carbocycles. The van der Waals surface area contributed by atoms with Crippen molar-refractivity contribution in [3.8, 4) is 0 Å². The van der Waals surface area contributed by atoms with Gasteiger partial charge in [-0.1, -0.05) is 41.7 Å². The molecule has 0 heterocycles. The molecule has 0 bridgehead atoms. The molecule has 0 saturated carbocycles. The van der Waals surface area contributed by atoms with E-state index < -0.39 is 3.79 Å². The first-order valence-corrected chi connectivity index (χ1v) is 2.90. The number of hydrogen-bond acceptors (Lipinski definition) is 0. The lowest BCUT2D eigenvalue weighted by atomic mass is 10.4. The van der Waals surface area contributed by atoms with Crippen LogP contribution in [-0.2, 0) is 0 Å². The van der Waals surface area contributed by atoms with Crippen LogP contribution in [0, 0.1) is 13.3 Å². The molecule has 0 nitrogen and oxygen atoms in total. The molecule has 0 rings (SSSR count). The van der Waals surface area contributed by atoms with Crippen molar-refractivity contribution in [2.45, 2.75) is 10.2 Å². The number of halogens is 3. The zero-order valence-electron chi connectivity index (χ0n) is 3.63. The Morgan fingerprint density at radius 2 is 1.86 bits per heavy atom. The molecule has 0 N–H and O–H groups in total. The quantitative estimate of drug-likeness (QED) is 0.516. The first kappa shape index (κ1) is 7.87. The first-order chi connectivity index (χ1) is 3.06. The van der Waals surface area contributed by atoms with Crippen LogP contribution in [0.2, 0.25) is 0 Å². The van der Waals surface area contributed by atoms with Crippen LogP contribution >= 0.6 is 34.8 Å². The van der Waals surface area contributed by atoms with E-state index in [1.54, 1.807) is 0 Å². The minimum atomic E-state index is -1.22. The Labute approximate surface area is 58.7 Å². The van der Waals surface area contributed by atoms with Gasteiger partial charge in [0.05, 0.1) is 0 Å². The standard InChI is InChI=1S/C4H5Cl3/c1-2-3-4(5,6)7/h3H,1-2H2. The molecule has 3 heteroatoms. The smallest absolute Gasteiger partial charge is 0.0834 e. The second kappa shape index (κ2) is 3.01. The number of rotatable bonds is 1. The molecule has 0 fully saturated rings. The van der Waals surface area contributed by atoms with E-state index in [0.29, 0.717) is 6.42 Å². The first-order valence-electron chi connectivity index (χ1n) is 1.76. The predicted octanol–water partition coefficient (Wildman–Crippen LogP) is 2.79. The summed E-state index contributed by atoms with van der Waals surface area (Å²) >= 11 is 15.8. The Morgan fingerprint density at radius 1 is 1.43 bits per heavy atom. The maximum atomic E-state index is 5.27. The minimum Gasteiger partial charge on any atom is -0.0834 e. The Morgan fingerprint density at radius 3 is 1.86 bits per heavy atom. The second-order valence-electron chi connectivity index (χ2n) is 1.03. The Hall–Kier alpha value is 0.870. The van der Waals surface area contributed by atoms with E-state index in [1.165, 1.54) is 6.42 Å². The average molecular weight is 159 g/mol. The minimum absolute atomic E-state index is 0.538. The van der Waals surface area contributed by atoms with Crippen molar-refractivity contribution in [2.24, 2.45) is 0 Å². The van der Waals surface area contributed by atoms with Crippen LogP contribution in [0.4, 0.5) is 0 Å². The zero-order chi connectivity index (χ0) is 5.91. The van der Waals surface area contributed by atoms with E-state index >= 15 is 0 Å². The fourth-order valence-electron chi connectivity index (χ4n) is 0.164. The lowest BCUT2D eigenvalue weighted by Gasteiger charge is -2.05. The Balaban J connectivity index is 3.15. The van der Waals surface area contributed by atoms with Gasteiger partial charge in [-0.3, -0.25) is 0 Å². The van der Waals surface area contributed by atoms with E-state index in [4.69, 9.17) is 34.8 Å². The summed E-state index contributed by atoms with van der Waals surface area (Å²) in [6.45, 7) is 3.46. The van der Waals surface area contributed by atoms with Gasteiger partial charge in [0, 0.05) is 6.42 Å². The molecule has 0 aromatic carbocycles. The van der Waals surface area contributed by atoms with E-state index in [-0.39, 0.29) is 0 Å². The molecule has 0 aromatic heterocycles. The maximum absolute atomic E-state index is 5.27. The highest BCUT2D eigenvalue weighted by molar-refractivity contribution is 6.68. The van der Waals surface area contributed by atoms with Gasteiger partial charge in [0.25, 0.3) is 0 Å². The third kappa shape index (κ3) is 6.87. The summed E-state index contributed by atoms with van der Waals surface area (Å²) in [4.78, 5) is 0. The second-order valence-corrected chi connectivity index (χ2v) is 3.40. The van der Waals surface area contributed by atoms with Crippen molar-refractivity contribution in [3.63, 3.8) is 0 Å². The van der Waals surface area contributed by atoms with Crippen molar-refractivity contribution in [2.75, 3.05) is 0 Å². The number of hydrogen-bond donors (Lipinski definition) is 0. The molecule has 2 radical (unpaired) electrons. The summed E-state index contributed by atoms with van der Waals surface area (Å²) in [5, 5.41) is 0.